The van der Waals surface area contributed by atoms with E-state index in [-0.39, 0.29) is 37.2 Å². The molecule has 110 valence electrons. The summed E-state index contributed by atoms with van der Waals surface area (Å²) in [6.07, 6.45) is -4.81. The van der Waals surface area contributed by atoms with Crippen molar-refractivity contribution in [2.45, 2.75) is 24.6 Å². The fourth-order valence-electron chi connectivity index (χ4n) is 2.17. The summed E-state index contributed by atoms with van der Waals surface area (Å²) in [5.74, 6) is -1.11. The average molecular weight is 289 g/mol. The number of piperidine rings is 1. The molecule has 1 saturated heterocycles. The van der Waals surface area contributed by atoms with Crippen molar-refractivity contribution in [2.24, 2.45) is 0 Å². The summed E-state index contributed by atoms with van der Waals surface area (Å²) in [4.78, 5) is 10.7. The predicted molar refractivity (Wildman–Crippen MR) is 64.9 cm³/mol. The molecule has 0 aliphatic carbocycles. The molecule has 1 aromatic rings. The first kappa shape index (κ1) is 14.6. The van der Waals surface area contributed by atoms with Crippen LogP contribution in [0.3, 0.4) is 0 Å². The molecule has 7 heteroatoms. The Morgan fingerprint density at radius 3 is 2.20 bits per heavy atom. The summed E-state index contributed by atoms with van der Waals surface area (Å²) in [5.41, 5.74) is -2.20. The highest BCUT2D eigenvalue weighted by Crippen LogP contribution is 2.40. The van der Waals surface area contributed by atoms with Gasteiger partial charge in [-0.05, 0) is 37.4 Å². The van der Waals surface area contributed by atoms with Gasteiger partial charge in [-0.15, -0.1) is 0 Å². The number of carboxylic acids is 1. The third kappa shape index (κ3) is 2.87. The maximum atomic E-state index is 13.2. The lowest BCUT2D eigenvalue weighted by Crippen LogP contribution is -2.56. The molecule has 20 heavy (non-hydrogen) atoms. The Morgan fingerprint density at radius 1 is 1.20 bits per heavy atom. The van der Waals surface area contributed by atoms with Gasteiger partial charge in [0.2, 0.25) is 5.60 Å². The van der Waals surface area contributed by atoms with E-state index in [9.17, 15) is 18.0 Å². The Morgan fingerprint density at radius 2 is 1.75 bits per heavy atom. The van der Waals surface area contributed by atoms with Crippen molar-refractivity contribution < 1.29 is 27.8 Å². The Kier molecular flexibility index (Phi) is 3.89. The number of alkyl halides is 3. The second-order valence-electron chi connectivity index (χ2n) is 4.67. The monoisotopic (exact) mass is 289 g/mol. The van der Waals surface area contributed by atoms with Crippen LogP contribution in [0.25, 0.3) is 0 Å². The van der Waals surface area contributed by atoms with Crippen LogP contribution in [0.15, 0.2) is 24.3 Å². The number of hydrogen-bond acceptors (Lipinski definition) is 3. The molecule has 1 fully saturated rings. The quantitative estimate of drug-likeness (QED) is 0.897. The number of nitrogens with one attached hydrogen (secondary N) is 1. The Labute approximate surface area is 113 Å². The smallest absolute Gasteiger partial charge is 0.428 e. The molecule has 0 radical (unpaired) electrons. The summed E-state index contributed by atoms with van der Waals surface area (Å²) in [6.45, 7) is 0.458. The summed E-state index contributed by atoms with van der Waals surface area (Å²) >= 11 is 0. The molecule has 1 aliphatic rings. The first-order valence-electron chi connectivity index (χ1n) is 6.14. The fourth-order valence-corrected chi connectivity index (χ4v) is 2.17. The molecule has 0 atom stereocenters. The number of ether oxygens (including phenoxy) is 1. The van der Waals surface area contributed by atoms with Crippen molar-refractivity contribution in [1.29, 1.82) is 0 Å². The molecule has 2 rings (SSSR count). The molecular formula is C13H14F3NO3. The van der Waals surface area contributed by atoms with E-state index in [1.807, 2.05) is 0 Å². The van der Waals surface area contributed by atoms with E-state index in [0.29, 0.717) is 0 Å². The Balaban J connectivity index is 2.22. The minimum Gasteiger partial charge on any atom is -0.478 e. The highest BCUT2D eigenvalue weighted by atomic mass is 19.4. The molecule has 4 nitrogen and oxygen atoms in total. The van der Waals surface area contributed by atoms with Gasteiger partial charge < -0.3 is 15.2 Å². The maximum Gasteiger partial charge on any atom is 0.428 e. The number of hydrogen-bond donors (Lipinski definition) is 2. The van der Waals surface area contributed by atoms with Crippen molar-refractivity contribution >= 4 is 5.97 Å². The second kappa shape index (κ2) is 5.32. The normalized spacial score (nSPS) is 18.6. The minimum atomic E-state index is -4.47. The van der Waals surface area contributed by atoms with Gasteiger partial charge in [0, 0.05) is 12.8 Å². The third-order valence-electron chi connectivity index (χ3n) is 3.34. The molecule has 1 heterocycles. The van der Waals surface area contributed by atoms with Crippen molar-refractivity contribution in [1.82, 2.24) is 5.32 Å². The van der Waals surface area contributed by atoms with Gasteiger partial charge in [0.1, 0.15) is 5.75 Å². The molecule has 0 spiro atoms. The zero-order valence-electron chi connectivity index (χ0n) is 10.5. The number of benzene rings is 1. The van der Waals surface area contributed by atoms with Gasteiger partial charge in [-0.25, -0.2) is 4.79 Å². The molecule has 0 unspecified atom stereocenters. The van der Waals surface area contributed by atoms with Crippen LogP contribution in [0.5, 0.6) is 5.75 Å². The first-order chi connectivity index (χ1) is 9.34. The number of rotatable bonds is 3. The van der Waals surface area contributed by atoms with E-state index < -0.39 is 17.7 Å². The Hall–Kier alpha value is -1.76. The van der Waals surface area contributed by atoms with Gasteiger partial charge in [0.15, 0.2) is 0 Å². The van der Waals surface area contributed by atoms with E-state index >= 15 is 0 Å². The van der Waals surface area contributed by atoms with Crippen LogP contribution in [0.1, 0.15) is 23.2 Å². The summed E-state index contributed by atoms with van der Waals surface area (Å²) in [7, 11) is 0. The van der Waals surface area contributed by atoms with Crippen LogP contribution in [0, 0.1) is 0 Å². The predicted octanol–water partition coefficient (Wildman–Crippen LogP) is 2.45. The van der Waals surface area contributed by atoms with Crippen LogP contribution < -0.4 is 10.1 Å². The van der Waals surface area contributed by atoms with Gasteiger partial charge in [-0.2, -0.15) is 13.2 Å². The maximum absolute atomic E-state index is 13.2. The molecule has 1 aliphatic heterocycles. The summed E-state index contributed by atoms with van der Waals surface area (Å²) in [5, 5.41) is 11.6. The highest BCUT2D eigenvalue weighted by Gasteiger charge is 2.57. The number of halogens is 3. The molecule has 0 amide bonds. The molecule has 2 N–H and O–H groups in total. The van der Waals surface area contributed by atoms with E-state index in [2.05, 4.69) is 5.32 Å². The minimum absolute atomic E-state index is 0.00344. The Bertz CT molecular complexity index is 479. The van der Waals surface area contributed by atoms with Crippen LogP contribution in [0.4, 0.5) is 13.2 Å². The largest absolute Gasteiger partial charge is 0.478 e. The summed E-state index contributed by atoms with van der Waals surface area (Å²) < 4.78 is 44.9. The average Bonchev–Trinajstić information content (AvgIpc) is 2.39. The number of carbonyl (C=O) groups is 1. The lowest BCUT2D eigenvalue weighted by atomic mass is 9.91. The lowest BCUT2D eigenvalue weighted by molar-refractivity contribution is -0.256. The lowest BCUT2D eigenvalue weighted by Gasteiger charge is -2.39. The van der Waals surface area contributed by atoms with Crippen LogP contribution >= 0.6 is 0 Å². The van der Waals surface area contributed by atoms with Crippen LogP contribution in [0.2, 0.25) is 0 Å². The number of aromatic carboxylic acids is 1. The van der Waals surface area contributed by atoms with Crippen molar-refractivity contribution in [3.05, 3.63) is 29.8 Å². The SMILES string of the molecule is O=C(O)c1ccc(OC2(C(F)(F)F)CCNCC2)cc1. The van der Waals surface area contributed by atoms with Gasteiger partial charge >= 0.3 is 12.1 Å². The van der Waals surface area contributed by atoms with Gasteiger partial charge in [0.25, 0.3) is 0 Å². The fraction of sp³-hybridized carbons (Fsp3) is 0.462. The van der Waals surface area contributed by atoms with E-state index in [4.69, 9.17) is 9.84 Å². The van der Waals surface area contributed by atoms with Crippen molar-refractivity contribution in [3.63, 3.8) is 0 Å². The second-order valence-corrected chi connectivity index (χ2v) is 4.67. The van der Waals surface area contributed by atoms with E-state index in [1.165, 1.54) is 24.3 Å². The highest BCUT2D eigenvalue weighted by molar-refractivity contribution is 5.87. The van der Waals surface area contributed by atoms with Crippen LogP contribution in [-0.4, -0.2) is 35.9 Å². The van der Waals surface area contributed by atoms with E-state index in [0.717, 1.165) is 0 Å². The zero-order chi connectivity index (χ0) is 14.8. The van der Waals surface area contributed by atoms with Crippen molar-refractivity contribution in [3.8, 4) is 5.75 Å². The van der Waals surface area contributed by atoms with Crippen molar-refractivity contribution in [2.75, 3.05) is 13.1 Å². The molecule has 0 saturated carbocycles. The topological polar surface area (TPSA) is 58.6 Å². The molecule has 0 bridgehead atoms. The van der Waals surface area contributed by atoms with Gasteiger partial charge in [0.05, 0.1) is 5.56 Å². The van der Waals surface area contributed by atoms with Gasteiger partial charge in [-0.1, -0.05) is 0 Å². The zero-order valence-corrected chi connectivity index (χ0v) is 10.5. The first-order valence-corrected chi connectivity index (χ1v) is 6.14. The van der Waals surface area contributed by atoms with E-state index in [1.54, 1.807) is 0 Å². The molecule has 0 aromatic heterocycles. The third-order valence-corrected chi connectivity index (χ3v) is 3.34. The molecular weight excluding hydrogens is 275 g/mol. The molecule has 1 aromatic carbocycles. The van der Waals surface area contributed by atoms with Crippen LogP contribution in [-0.2, 0) is 0 Å². The number of carboxylic acid groups (broad SMARTS) is 1. The standard InChI is InChI=1S/C13H14F3NO3/c14-13(15,16)12(5-7-17-8-6-12)20-10-3-1-9(2-4-10)11(18)19/h1-4,17H,5-8H2,(H,18,19). The summed E-state index contributed by atoms with van der Waals surface area (Å²) in [6, 6.07) is 4.95. The van der Waals surface area contributed by atoms with Gasteiger partial charge in [-0.3, -0.25) is 0 Å².